The van der Waals surface area contributed by atoms with Crippen LogP contribution >= 0.6 is 68.0 Å². The van der Waals surface area contributed by atoms with E-state index in [1.807, 2.05) is 123 Å². The molecule has 0 spiro atoms. The van der Waals surface area contributed by atoms with Crippen LogP contribution < -0.4 is 29.2 Å². The number of hydrogen-bond donors (Lipinski definition) is 1. The topological polar surface area (TPSA) is 298 Å². The fraction of sp³-hybridized carbons (Fsp3) is 0.305. The molecular weight excluding hydrogens is 1680 g/mol. The van der Waals surface area contributed by atoms with Gasteiger partial charge in [-0.25, -0.2) is 29.9 Å². The molecule has 22 rings (SSSR count). The Morgan fingerprint density at radius 1 is 0.344 bits per heavy atom. The first kappa shape index (κ1) is 85.1. The zero-order valence-corrected chi connectivity index (χ0v) is 75.6. The summed E-state index contributed by atoms with van der Waals surface area (Å²) < 4.78 is 33.2. The van der Waals surface area contributed by atoms with Crippen LogP contribution in [0.15, 0.2) is 178 Å². The smallest absolute Gasteiger partial charge is 0.269 e. The first-order valence-corrected chi connectivity index (χ1v) is 47.2. The van der Waals surface area contributed by atoms with E-state index in [0.717, 1.165) is 102 Å². The van der Waals surface area contributed by atoms with Gasteiger partial charge in [0.25, 0.3) is 5.56 Å². The highest BCUT2D eigenvalue weighted by Gasteiger charge is 2.31. The lowest BCUT2D eigenvalue weighted by atomic mass is 9.81. The Labute approximate surface area is 746 Å². The lowest BCUT2D eigenvalue weighted by Gasteiger charge is -2.24. The standard InChI is InChI=1S/C18H19N3OS.C17H17N3OS.C16H15N3OS.C16H17N3OS.C15H13N3OS.C13H11N3OS/c1-22-18-16-15(13(11-23-16)12-7-3-2-4-8-12)20-17(21-18)14-9-5-6-10-19-14;1-21-17-15-14(12(10-22-15)11-6-2-3-7-11)19-16(20-17)13-8-4-5-9-18-13;1-20-16-14-13(11(9-21-14)10-5-4-6-10)18-15(19-16)12-7-2-3-8-17-12;1-4-10(2)11-9-21-14-13(11)18-15(19-16(14)20-3)12-7-5-6-8-17-12;1-19-15-13-12(10(8-20-13)9-5-6-9)17-14(18-15)11-4-2-3-7-16-11;1-7-8(2)18-11-10(7)15-12(16-13(11)17)9-5-3-4-6-14-9/h5-6,9-12H,2-4,7-8H2,1H3;4-5,8-11H,2-3,6-7H2,1H3;2-3,7-10H,4-6H2,1H3;5-10H,4H2,1-3H3;2-4,7-9H,5-6H2,1H3;3-6H,1-2H3,(H,15,16,17). The highest BCUT2D eigenvalue weighted by Crippen LogP contribution is 2.49. The van der Waals surface area contributed by atoms with Gasteiger partial charge in [0.15, 0.2) is 34.9 Å². The molecule has 4 saturated carbocycles. The van der Waals surface area contributed by atoms with Crippen molar-refractivity contribution in [3.8, 4) is 98.5 Å². The van der Waals surface area contributed by atoms with E-state index in [9.17, 15) is 4.79 Å². The number of fused-ring (bicyclic) bond motifs is 6. The quantitative estimate of drug-likeness (QED) is 0.0885. The van der Waals surface area contributed by atoms with Gasteiger partial charge in [0.05, 0.1) is 68.6 Å². The maximum atomic E-state index is 12.0. The highest BCUT2D eigenvalue weighted by molar-refractivity contribution is 7.19. The molecule has 634 valence electrons. The van der Waals surface area contributed by atoms with Crippen molar-refractivity contribution in [2.24, 2.45) is 0 Å². The molecule has 4 fully saturated rings. The Balaban J connectivity index is 0.000000106. The van der Waals surface area contributed by atoms with Gasteiger partial charge in [0, 0.05) is 42.1 Å². The van der Waals surface area contributed by atoms with Crippen LogP contribution in [0.25, 0.3) is 130 Å². The largest absolute Gasteiger partial charge is 0.480 e. The first-order chi connectivity index (χ1) is 61.4. The van der Waals surface area contributed by atoms with Crippen LogP contribution in [0.4, 0.5) is 0 Å². The maximum Gasteiger partial charge on any atom is 0.269 e. The van der Waals surface area contributed by atoms with E-state index in [1.165, 1.54) is 129 Å². The summed E-state index contributed by atoms with van der Waals surface area (Å²) in [6, 6.07) is 34.4. The SMILES string of the molecule is CCC(C)c1csc2c(OC)nc(-c3ccccn3)nc12.COc1nc(-c2ccccn2)nc2c(C3CC3)csc12.COc1nc(-c2ccccn2)nc2c(C3CCC3)csc12.COc1nc(-c2ccccn2)nc2c(C3CCCC3)csc12.COc1nc(-c2ccccn2)nc2c(C3CCCCC3)csc12.Cc1sc2c(=O)[nH]c(-c3ccccn3)nc2c1C. The minimum absolute atomic E-state index is 0.0955. The predicted octanol–water partition coefficient (Wildman–Crippen LogP) is 23.8. The minimum atomic E-state index is -0.0955. The number of pyridine rings is 6. The third kappa shape index (κ3) is 18.7. The molecule has 4 aliphatic carbocycles. The number of aromatic amines is 1. The van der Waals surface area contributed by atoms with Gasteiger partial charge < -0.3 is 28.7 Å². The van der Waals surface area contributed by atoms with Crippen molar-refractivity contribution in [2.75, 3.05) is 35.5 Å². The number of methoxy groups -OCH3 is 5. The van der Waals surface area contributed by atoms with Crippen molar-refractivity contribution in [2.45, 2.75) is 154 Å². The summed E-state index contributed by atoms with van der Waals surface area (Å²) in [4.78, 5) is 93.0. The molecule has 4 aliphatic rings. The summed E-state index contributed by atoms with van der Waals surface area (Å²) in [6.07, 6.45) is 29.6. The van der Waals surface area contributed by atoms with Crippen LogP contribution in [0.5, 0.6) is 29.4 Å². The van der Waals surface area contributed by atoms with E-state index in [2.05, 4.69) is 106 Å². The van der Waals surface area contributed by atoms with Gasteiger partial charge in [0.2, 0.25) is 29.4 Å². The summed E-state index contributed by atoms with van der Waals surface area (Å²) in [5.41, 5.74) is 18.1. The molecule has 30 heteroatoms. The first-order valence-electron chi connectivity index (χ1n) is 42.0. The van der Waals surface area contributed by atoms with Crippen LogP contribution in [0.3, 0.4) is 0 Å². The number of aromatic nitrogens is 18. The van der Waals surface area contributed by atoms with Gasteiger partial charge in [0.1, 0.15) is 62.4 Å². The third-order valence-electron chi connectivity index (χ3n) is 23.0. The maximum absolute atomic E-state index is 12.0. The number of aryl methyl sites for hydroxylation is 2. The molecule has 0 saturated heterocycles. The molecular formula is C95H92N18O6S6. The monoisotopic (exact) mass is 1770 g/mol. The van der Waals surface area contributed by atoms with Crippen LogP contribution in [0, 0.1) is 13.8 Å². The van der Waals surface area contributed by atoms with Crippen molar-refractivity contribution in [3.63, 3.8) is 0 Å². The van der Waals surface area contributed by atoms with Gasteiger partial charge in [-0.05, 0) is 234 Å². The Morgan fingerprint density at radius 3 is 0.936 bits per heavy atom. The molecule has 0 amide bonds. The van der Waals surface area contributed by atoms with Gasteiger partial charge in [-0.1, -0.05) is 88.8 Å². The number of nitrogens with zero attached hydrogens (tertiary/aromatic N) is 17. The normalized spacial score (nSPS) is 14.2. The molecule has 0 aliphatic heterocycles. The van der Waals surface area contributed by atoms with E-state index in [-0.39, 0.29) is 5.56 Å². The van der Waals surface area contributed by atoms with Gasteiger partial charge in [-0.3, -0.25) is 34.7 Å². The van der Waals surface area contributed by atoms with Crippen LogP contribution in [0.2, 0.25) is 0 Å². The van der Waals surface area contributed by atoms with Crippen LogP contribution in [-0.4, -0.2) is 125 Å². The van der Waals surface area contributed by atoms with E-state index in [4.69, 9.17) is 48.6 Å². The van der Waals surface area contributed by atoms with Crippen molar-refractivity contribution < 1.29 is 23.7 Å². The summed E-state index contributed by atoms with van der Waals surface area (Å²) in [5.74, 6) is 9.95. The van der Waals surface area contributed by atoms with Gasteiger partial charge in [-0.15, -0.1) is 68.0 Å². The zero-order valence-electron chi connectivity index (χ0n) is 70.7. The Morgan fingerprint density at radius 2 is 0.640 bits per heavy atom. The zero-order chi connectivity index (χ0) is 85.9. The average Bonchev–Trinajstić information content (AvgIpc) is 1.65. The van der Waals surface area contributed by atoms with Gasteiger partial charge >= 0.3 is 0 Å². The van der Waals surface area contributed by atoms with Crippen LogP contribution in [0.1, 0.15) is 178 Å². The number of ether oxygens (including phenoxy) is 5. The molecule has 1 unspecified atom stereocenters. The number of H-pyrrole nitrogens is 1. The summed E-state index contributed by atoms with van der Waals surface area (Å²) >= 11 is 9.85. The lowest BCUT2D eigenvalue weighted by Crippen LogP contribution is -2.08. The molecule has 0 radical (unpaired) electrons. The van der Waals surface area contributed by atoms with Crippen LogP contribution in [-0.2, 0) is 0 Å². The Hall–Kier alpha value is -12.1. The predicted molar refractivity (Wildman–Crippen MR) is 503 cm³/mol. The van der Waals surface area contributed by atoms with E-state index in [0.29, 0.717) is 104 Å². The molecule has 24 nitrogen and oxygen atoms in total. The summed E-state index contributed by atoms with van der Waals surface area (Å²) in [6.45, 7) is 8.40. The lowest BCUT2D eigenvalue weighted by molar-refractivity contribution is 0.403. The van der Waals surface area contributed by atoms with E-state index >= 15 is 0 Å². The van der Waals surface area contributed by atoms with Gasteiger partial charge in [-0.2, -0.15) is 24.9 Å². The molecule has 0 aromatic carbocycles. The van der Waals surface area contributed by atoms with E-state index < -0.39 is 0 Å². The second-order valence-corrected chi connectivity index (χ2v) is 36.4. The summed E-state index contributed by atoms with van der Waals surface area (Å²) in [5, 5.41) is 11.1. The molecule has 18 aromatic heterocycles. The molecule has 0 bridgehead atoms. The molecule has 125 heavy (non-hydrogen) atoms. The van der Waals surface area contributed by atoms with Crippen molar-refractivity contribution in [3.05, 3.63) is 222 Å². The number of hydrogen-bond acceptors (Lipinski definition) is 29. The highest BCUT2D eigenvalue weighted by atomic mass is 32.1. The van der Waals surface area contributed by atoms with Crippen molar-refractivity contribution in [1.29, 1.82) is 0 Å². The fourth-order valence-electron chi connectivity index (χ4n) is 15.6. The average molecular weight is 1770 g/mol. The molecule has 18 heterocycles. The molecule has 1 atom stereocenters. The Bertz CT molecular complexity index is 6650. The third-order valence-corrected chi connectivity index (χ3v) is 29.0. The second-order valence-electron chi connectivity index (χ2n) is 30.8. The fourth-order valence-corrected chi connectivity index (χ4v) is 21.9. The number of thiophene rings is 6. The number of rotatable bonds is 17. The Kier molecular flexibility index (Phi) is 26.8. The minimum Gasteiger partial charge on any atom is -0.480 e. The summed E-state index contributed by atoms with van der Waals surface area (Å²) in [7, 11) is 8.29. The van der Waals surface area contributed by atoms with Crippen molar-refractivity contribution in [1.82, 2.24) is 89.7 Å². The second kappa shape index (κ2) is 39.4. The number of nitrogens with one attached hydrogen (secondary N) is 1. The van der Waals surface area contributed by atoms with Crippen molar-refractivity contribution >= 4 is 129 Å². The molecule has 1 N–H and O–H groups in total. The molecule has 18 aromatic rings. The van der Waals surface area contributed by atoms with E-state index in [1.54, 1.807) is 129 Å².